The minimum atomic E-state index is 0.303. The average Bonchev–Trinajstić information content (AvgIpc) is 3.17. The summed E-state index contributed by atoms with van der Waals surface area (Å²) in [4.78, 5) is 13.7. The quantitative estimate of drug-likeness (QED) is 0.604. The summed E-state index contributed by atoms with van der Waals surface area (Å²) < 4.78 is 4.19. The van der Waals surface area contributed by atoms with Gasteiger partial charge in [0.25, 0.3) is 0 Å². The predicted molar refractivity (Wildman–Crippen MR) is 102 cm³/mol. The smallest absolute Gasteiger partial charge is 0.191 e. The predicted octanol–water partition coefficient (Wildman–Crippen LogP) is 1.51. The lowest BCUT2D eigenvalue weighted by Crippen LogP contribution is -2.47. The third kappa shape index (κ3) is 4.62. The normalized spacial score (nSPS) is 17.4. The molecule has 3 rings (SSSR count). The van der Waals surface area contributed by atoms with Crippen LogP contribution in [0.3, 0.4) is 0 Å². The van der Waals surface area contributed by atoms with Gasteiger partial charge < -0.3 is 15.2 Å². The molecular formula is C18H30N8. The van der Waals surface area contributed by atoms with Crippen molar-refractivity contribution in [2.75, 3.05) is 6.54 Å². The average molecular weight is 358 g/mol. The Morgan fingerprint density at radius 3 is 3.04 bits per heavy atom. The largest absolute Gasteiger partial charge is 0.357 e. The van der Waals surface area contributed by atoms with E-state index in [-0.39, 0.29) is 0 Å². The van der Waals surface area contributed by atoms with Gasteiger partial charge in [-0.25, -0.2) is 19.6 Å². The zero-order chi connectivity index (χ0) is 18.5. The fraction of sp³-hybridized carbons (Fsp3) is 0.667. The van der Waals surface area contributed by atoms with E-state index in [1.807, 2.05) is 24.0 Å². The summed E-state index contributed by atoms with van der Waals surface area (Å²) in [6.07, 6.45) is 5.85. The summed E-state index contributed by atoms with van der Waals surface area (Å²) in [5.74, 6) is 4.34. The van der Waals surface area contributed by atoms with Crippen LogP contribution < -0.4 is 10.6 Å². The Morgan fingerprint density at radius 2 is 2.27 bits per heavy atom. The van der Waals surface area contributed by atoms with Crippen LogP contribution in [0.15, 0.2) is 17.4 Å². The number of imidazole rings is 1. The Balaban J connectivity index is 1.64. The molecular weight excluding hydrogens is 328 g/mol. The number of hydrogen-bond acceptors (Lipinski definition) is 4. The van der Waals surface area contributed by atoms with E-state index in [0.717, 1.165) is 55.9 Å². The highest BCUT2D eigenvalue weighted by atomic mass is 15.4. The van der Waals surface area contributed by atoms with Crippen LogP contribution in [0.5, 0.6) is 0 Å². The van der Waals surface area contributed by atoms with E-state index in [9.17, 15) is 0 Å². The number of fused-ring (bicyclic) bond motifs is 1. The van der Waals surface area contributed by atoms with Crippen LogP contribution in [0.1, 0.15) is 44.7 Å². The number of guanidine groups is 1. The van der Waals surface area contributed by atoms with Gasteiger partial charge in [-0.1, -0.05) is 13.8 Å². The van der Waals surface area contributed by atoms with Crippen molar-refractivity contribution in [3.63, 3.8) is 0 Å². The molecule has 1 atom stereocenters. The Labute approximate surface area is 155 Å². The molecule has 3 heterocycles. The van der Waals surface area contributed by atoms with Crippen LogP contribution in [-0.2, 0) is 26.1 Å². The maximum absolute atomic E-state index is 4.74. The number of aryl methyl sites for hydroxylation is 2. The molecule has 0 aromatic carbocycles. The lowest BCUT2D eigenvalue weighted by Gasteiger charge is -2.25. The summed E-state index contributed by atoms with van der Waals surface area (Å²) in [5, 5.41) is 11.4. The fourth-order valence-electron chi connectivity index (χ4n) is 3.27. The van der Waals surface area contributed by atoms with Crippen molar-refractivity contribution in [2.24, 2.45) is 10.9 Å². The molecule has 1 aliphatic heterocycles. The van der Waals surface area contributed by atoms with Crippen molar-refractivity contribution in [3.05, 3.63) is 29.9 Å². The van der Waals surface area contributed by atoms with Crippen LogP contribution in [0, 0.1) is 12.8 Å². The van der Waals surface area contributed by atoms with E-state index in [2.05, 4.69) is 51.0 Å². The summed E-state index contributed by atoms with van der Waals surface area (Å²) >= 11 is 0. The van der Waals surface area contributed by atoms with Gasteiger partial charge in [-0.05, 0) is 26.2 Å². The van der Waals surface area contributed by atoms with Gasteiger partial charge in [-0.15, -0.1) is 0 Å². The molecule has 2 aromatic rings. The lowest BCUT2D eigenvalue weighted by atomic mass is 10.1. The lowest BCUT2D eigenvalue weighted by molar-refractivity contribution is 0.392. The van der Waals surface area contributed by atoms with E-state index in [1.54, 1.807) is 0 Å². The van der Waals surface area contributed by atoms with Crippen LogP contribution in [0.2, 0.25) is 0 Å². The monoisotopic (exact) mass is 358 g/mol. The van der Waals surface area contributed by atoms with E-state index in [1.165, 1.54) is 0 Å². The van der Waals surface area contributed by atoms with Gasteiger partial charge in [0.05, 0.1) is 6.54 Å². The molecule has 2 N–H and O–H groups in total. The zero-order valence-electron chi connectivity index (χ0n) is 16.2. The van der Waals surface area contributed by atoms with E-state index < -0.39 is 0 Å². The number of aromatic nitrogens is 5. The molecule has 8 heteroatoms. The van der Waals surface area contributed by atoms with Crippen LogP contribution in [-0.4, -0.2) is 42.9 Å². The maximum atomic E-state index is 4.74. The molecule has 0 saturated heterocycles. The number of nitrogens with one attached hydrogen (secondary N) is 2. The molecule has 0 fully saturated rings. The maximum Gasteiger partial charge on any atom is 0.191 e. The molecule has 2 aromatic heterocycles. The molecule has 0 radical (unpaired) electrons. The second-order valence-corrected chi connectivity index (χ2v) is 7.22. The summed E-state index contributed by atoms with van der Waals surface area (Å²) in [5.41, 5.74) is 0. The third-order valence-electron chi connectivity index (χ3n) is 4.39. The molecule has 0 bridgehead atoms. The molecule has 1 aliphatic rings. The van der Waals surface area contributed by atoms with Gasteiger partial charge in [-0.2, -0.15) is 5.10 Å². The topological polar surface area (TPSA) is 84.9 Å². The van der Waals surface area contributed by atoms with Crippen molar-refractivity contribution in [3.8, 4) is 0 Å². The minimum Gasteiger partial charge on any atom is -0.357 e. The van der Waals surface area contributed by atoms with Gasteiger partial charge in [0, 0.05) is 37.9 Å². The van der Waals surface area contributed by atoms with Gasteiger partial charge >= 0.3 is 0 Å². The third-order valence-corrected chi connectivity index (χ3v) is 4.39. The molecule has 1 unspecified atom stereocenters. The first-order valence-corrected chi connectivity index (χ1v) is 9.50. The van der Waals surface area contributed by atoms with Gasteiger partial charge in [-0.3, -0.25) is 0 Å². The summed E-state index contributed by atoms with van der Waals surface area (Å²) in [6.45, 7) is 11.6. The molecule has 26 heavy (non-hydrogen) atoms. The highest BCUT2D eigenvalue weighted by Crippen LogP contribution is 2.13. The number of aliphatic imine (C=N–C) groups is 1. The Kier molecular flexibility index (Phi) is 5.90. The molecule has 8 nitrogen and oxygen atoms in total. The SMILES string of the molecule is CCNC(=NCc1nccn1CC(C)C)NC1CCc2nc(C)nn2C1. The van der Waals surface area contributed by atoms with Gasteiger partial charge in [0.15, 0.2) is 5.96 Å². The van der Waals surface area contributed by atoms with Crippen LogP contribution in [0.25, 0.3) is 0 Å². The van der Waals surface area contributed by atoms with E-state index in [0.29, 0.717) is 18.5 Å². The molecule has 0 amide bonds. The van der Waals surface area contributed by atoms with Crippen LogP contribution >= 0.6 is 0 Å². The molecule has 142 valence electrons. The Hall–Kier alpha value is -2.38. The molecule has 0 aliphatic carbocycles. The van der Waals surface area contributed by atoms with Crippen molar-refractivity contribution >= 4 is 5.96 Å². The van der Waals surface area contributed by atoms with Crippen molar-refractivity contribution in [1.29, 1.82) is 0 Å². The van der Waals surface area contributed by atoms with Crippen molar-refractivity contribution in [1.82, 2.24) is 34.9 Å². The van der Waals surface area contributed by atoms with Gasteiger partial charge in [0.1, 0.15) is 24.0 Å². The Morgan fingerprint density at radius 1 is 1.42 bits per heavy atom. The van der Waals surface area contributed by atoms with Crippen molar-refractivity contribution < 1.29 is 0 Å². The second kappa shape index (κ2) is 8.33. The first-order valence-electron chi connectivity index (χ1n) is 9.50. The van der Waals surface area contributed by atoms with E-state index >= 15 is 0 Å². The van der Waals surface area contributed by atoms with Crippen LogP contribution in [0.4, 0.5) is 0 Å². The van der Waals surface area contributed by atoms with Gasteiger partial charge in [0.2, 0.25) is 0 Å². The standard InChI is InChI=1S/C18H30N8/c1-5-19-18(21-10-17-20-8-9-25(17)11-13(2)3)23-15-6-7-16-22-14(4)24-26(16)12-15/h8-9,13,15H,5-7,10-12H2,1-4H3,(H2,19,21,23). The second-order valence-electron chi connectivity index (χ2n) is 7.22. The number of rotatable bonds is 6. The molecule has 0 spiro atoms. The first-order chi connectivity index (χ1) is 12.5. The summed E-state index contributed by atoms with van der Waals surface area (Å²) in [7, 11) is 0. The first kappa shape index (κ1) is 18.4. The highest BCUT2D eigenvalue weighted by molar-refractivity contribution is 5.80. The zero-order valence-corrected chi connectivity index (χ0v) is 16.2. The minimum absolute atomic E-state index is 0.303. The summed E-state index contributed by atoms with van der Waals surface area (Å²) in [6, 6.07) is 0.303. The number of nitrogens with zero attached hydrogens (tertiary/aromatic N) is 6. The number of hydrogen-bond donors (Lipinski definition) is 2. The highest BCUT2D eigenvalue weighted by Gasteiger charge is 2.21. The Bertz CT molecular complexity index is 742. The fourth-order valence-corrected chi connectivity index (χ4v) is 3.27. The van der Waals surface area contributed by atoms with Crippen molar-refractivity contribution in [2.45, 2.75) is 66.2 Å². The van der Waals surface area contributed by atoms with E-state index in [4.69, 9.17) is 4.99 Å². The molecule has 0 saturated carbocycles.